The van der Waals surface area contributed by atoms with E-state index < -0.39 is 0 Å². The van der Waals surface area contributed by atoms with Crippen molar-refractivity contribution >= 4 is 6.08 Å². The number of hydrogen-bond donors (Lipinski definition) is 0. The van der Waals surface area contributed by atoms with Gasteiger partial charge in [-0.25, -0.2) is 4.98 Å². The number of benzene rings is 2. The minimum Gasteiger partial charge on any atom is -0.497 e. The Kier molecular flexibility index (Phi) is 3.56. The van der Waals surface area contributed by atoms with Crippen molar-refractivity contribution in [1.29, 1.82) is 0 Å². The lowest BCUT2D eigenvalue weighted by Gasteiger charge is -2.00. The SMILES string of the molecule is C=Cc1oc(-c2cccc(OC)c2)nc1-c1ccccc1. The van der Waals surface area contributed by atoms with Crippen molar-refractivity contribution in [1.82, 2.24) is 4.98 Å². The van der Waals surface area contributed by atoms with Crippen LogP contribution in [0.4, 0.5) is 0 Å². The van der Waals surface area contributed by atoms with Crippen LogP contribution in [-0.2, 0) is 0 Å². The van der Waals surface area contributed by atoms with Gasteiger partial charge in [0, 0.05) is 11.1 Å². The molecule has 0 spiro atoms. The molecule has 2 aromatic carbocycles. The van der Waals surface area contributed by atoms with E-state index in [1.165, 1.54) is 0 Å². The Hall–Kier alpha value is -2.81. The molecule has 0 saturated carbocycles. The van der Waals surface area contributed by atoms with E-state index in [2.05, 4.69) is 11.6 Å². The smallest absolute Gasteiger partial charge is 0.227 e. The number of nitrogens with zero attached hydrogens (tertiary/aromatic N) is 1. The summed E-state index contributed by atoms with van der Waals surface area (Å²) in [5, 5.41) is 0. The number of aromatic nitrogens is 1. The molecule has 21 heavy (non-hydrogen) atoms. The average Bonchev–Trinajstić information content (AvgIpc) is 3.00. The monoisotopic (exact) mass is 277 g/mol. The molecule has 0 aliphatic heterocycles. The molecule has 104 valence electrons. The molecular formula is C18H15NO2. The molecule has 0 N–H and O–H groups in total. The molecule has 0 aliphatic rings. The van der Waals surface area contributed by atoms with Gasteiger partial charge in [0.15, 0.2) is 5.76 Å². The minimum atomic E-state index is 0.558. The summed E-state index contributed by atoms with van der Waals surface area (Å²) < 4.78 is 11.1. The van der Waals surface area contributed by atoms with E-state index in [9.17, 15) is 0 Å². The first-order valence-corrected chi connectivity index (χ1v) is 6.65. The summed E-state index contributed by atoms with van der Waals surface area (Å²) in [7, 11) is 1.64. The van der Waals surface area contributed by atoms with Gasteiger partial charge in [0.05, 0.1) is 7.11 Å². The van der Waals surface area contributed by atoms with Gasteiger partial charge in [-0.05, 0) is 24.3 Å². The van der Waals surface area contributed by atoms with Gasteiger partial charge in [-0.15, -0.1) is 0 Å². The molecule has 0 atom stereocenters. The maximum atomic E-state index is 5.82. The van der Waals surface area contributed by atoms with E-state index in [1.54, 1.807) is 13.2 Å². The van der Waals surface area contributed by atoms with Gasteiger partial charge in [-0.3, -0.25) is 0 Å². The molecule has 3 aromatic rings. The third-order valence-electron chi connectivity index (χ3n) is 3.20. The summed E-state index contributed by atoms with van der Waals surface area (Å²) in [5.74, 6) is 1.99. The van der Waals surface area contributed by atoms with Crippen LogP contribution in [0.2, 0.25) is 0 Å². The van der Waals surface area contributed by atoms with E-state index in [-0.39, 0.29) is 0 Å². The van der Waals surface area contributed by atoms with Gasteiger partial charge >= 0.3 is 0 Å². The zero-order chi connectivity index (χ0) is 14.7. The van der Waals surface area contributed by atoms with Crippen molar-refractivity contribution in [3.63, 3.8) is 0 Å². The van der Waals surface area contributed by atoms with Crippen LogP contribution < -0.4 is 4.74 Å². The largest absolute Gasteiger partial charge is 0.497 e. The highest BCUT2D eigenvalue weighted by atomic mass is 16.5. The van der Waals surface area contributed by atoms with Gasteiger partial charge in [0.1, 0.15) is 11.4 Å². The fourth-order valence-corrected chi connectivity index (χ4v) is 2.15. The molecule has 3 rings (SSSR count). The van der Waals surface area contributed by atoms with Crippen molar-refractivity contribution in [2.75, 3.05) is 7.11 Å². The van der Waals surface area contributed by atoms with Crippen LogP contribution in [0.1, 0.15) is 5.76 Å². The van der Waals surface area contributed by atoms with E-state index in [0.29, 0.717) is 11.7 Å². The van der Waals surface area contributed by atoms with Crippen LogP contribution in [0.25, 0.3) is 28.8 Å². The maximum absolute atomic E-state index is 5.82. The molecule has 3 nitrogen and oxygen atoms in total. The minimum absolute atomic E-state index is 0.558. The first-order valence-electron chi connectivity index (χ1n) is 6.65. The predicted octanol–water partition coefficient (Wildman–Crippen LogP) is 4.66. The molecule has 1 heterocycles. The van der Waals surface area contributed by atoms with Crippen LogP contribution in [0.3, 0.4) is 0 Å². The molecule has 0 bridgehead atoms. The lowest BCUT2D eigenvalue weighted by Crippen LogP contribution is -1.84. The van der Waals surface area contributed by atoms with E-state index in [1.807, 2.05) is 54.6 Å². The van der Waals surface area contributed by atoms with Gasteiger partial charge < -0.3 is 9.15 Å². The second-order valence-corrected chi connectivity index (χ2v) is 4.53. The molecule has 0 radical (unpaired) electrons. The topological polar surface area (TPSA) is 35.3 Å². The summed E-state index contributed by atoms with van der Waals surface area (Å²) in [5.41, 5.74) is 2.67. The van der Waals surface area contributed by atoms with E-state index >= 15 is 0 Å². The molecule has 0 saturated heterocycles. The van der Waals surface area contributed by atoms with E-state index in [4.69, 9.17) is 9.15 Å². The zero-order valence-corrected chi connectivity index (χ0v) is 11.7. The summed E-state index contributed by atoms with van der Waals surface area (Å²) in [6.45, 7) is 3.80. The first-order chi connectivity index (χ1) is 10.3. The van der Waals surface area contributed by atoms with Crippen LogP contribution in [0.15, 0.2) is 65.6 Å². The highest BCUT2D eigenvalue weighted by Crippen LogP contribution is 2.30. The summed E-state index contributed by atoms with van der Waals surface area (Å²) in [6.07, 6.45) is 1.68. The number of methoxy groups -OCH3 is 1. The summed E-state index contributed by atoms with van der Waals surface area (Å²) >= 11 is 0. The van der Waals surface area contributed by atoms with Gasteiger partial charge in [-0.1, -0.05) is 43.0 Å². The van der Waals surface area contributed by atoms with Gasteiger partial charge in [0.25, 0.3) is 0 Å². The quantitative estimate of drug-likeness (QED) is 0.695. The van der Waals surface area contributed by atoms with Crippen LogP contribution in [-0.4, -0.2) is 12.1 Å². The Morgan fingerprint density at radius 2 is 1.81 bits per heavy atom. The zero-order valence-electron chi connectivity index (χ0n) is 11.7. The molecule has 0 amide bonds. The van der Waals surface area contributed by atoms with E-state index in [0.717, 1.165) is 22.6 Å². The highest BCUT2D eigenvalue weighted by molar-refractivity contribution is 5.71. The van der Waals surface area contributed by atoms with Crippen molar-refractivity contribution in [2.45, 2.75) is 0 Å². The summed E-state index contributed by atoms with van der Waals surface area (Å²) in [6, 6.07) is 17.6. The second-order valence-electron chi connectivity index (χ2n) is 4.53. The standard InChI is InChI=1S/C18H15NO2/c1-3-16-17(13-8-5-4-6-9-13)19-18(21-16)14-10-7-11-15(12-14)20-2/h3-12H,1H2,2H3. The summed E-state index contributed by atoms with van der Waals surface area (Å²) in [4.78, 5) is 4.60. The highest BCUT2D eigenvalue weighted by Gasteiger charge is 2.14. The average molecular weight is 277 g/mol. The predicted molar refractivity (Wildman–Crippen MR) is 84.0 cm³/mol. The molecule has 1 aromatic heterocycles. The van der Waals surface area contributed by atoms with Crippen LogP contribution in [0.5, 0.6) is 5.75 Å². The lowest BCUT2D eigenvalue weighted by molar-refractivity contribution is 0.414. The number of rotatable bonds is 4. The molecular weight excluding hydrogens is 262 g/mol. The van der Waals surface area contributed by atoms with Crippen molar-refractivity contribution in [3.05, 3.63) is 66.9 Å². The molecule has 0 aliphatic carbocycles. The van der Waals surface area contributed by atoms with Gasteiger partial charge in [-0.2, -0.15) is 0 Å². The maximum Gasteiger partial charge on any atom is 0.227 e. The number of hydrogen-bond acceptors (Lipinski definition) is 3. The van der Waals surface area contributed by atoms with Crippen molar-refractivity contribution in [2.24, 2.45) is 0 Å². The second kappa shape index (κ2) is 5.67. The van der Waals surface area contributed by atoms with Crippen molar-refractivity contribution < 1.29 is 9.15 Å². The normalized spacial score (nSPS) is 10.3. The molecule has 0 fully saturated rings. The fourth-order valence-electron chi connectivity index (χ4n) is 2.15. The first kappa shape index (κ1) is 13.2. The molecule has 0 unspecified atom stereocenters. The Labute approximate surface area is 123 Å². The molecule has 3 heteroatoms. The Morgan fingerprint density at radius 3 is 2.52 bits per heavy atom. The Balaban J connectivity index is 2.09. The van der Waals surface area contributed by atoms with Crippen LogP contribution >= 0.6 is 0 Å². The fraction of sp³-hybridized carbons (Fsp3) is 0.0556. The Bertz CT molecular complexity index is 760. The number of ether oxygens (including phenoxy) is 1. The van der Waals surface area contributed by atoms with Crippen LogP contribution in [0, 0.1) is 0 Å². The third-order valence-corrected chi connectivity index (χ3v) is 3.20. The third kappa shape index (κ3) is 2.58. The number of oxazole rings is 1. The van der Waals surface area contributed by atoms with Crippen molar-refractivity contribution in [3.8, 4) is 28.5 Å². The Morgan fingerprint density at radius 1 is 1.05 bits per heavy atom. The lowest BCUT2D eigenvalue weighted by atomic mass is 10.1. The van der Waals surface area contributed by atoms with Gasteiger partial charge in [0.2, 0.25) is 5.89 Å².